The second-order valence-corrected chi connectivity index (χ2v) is 3.15. The van der Waals surface area contributed by atoms with E-state index >= 15 is 0 Å². The molecule has 0 atom stereocenters. The van der Waals surface area contributed by atoms with E-state index in [-0.39, 0.29) is 0 Å². The fourth-order valence-corrected chi connectivity index (χ4v) is 1.30. The number of hydrogen-bond acceptors (Lipinski definition) is 2. The molecule has 1 rings (SSSR count). The van der Waals surface area contributed by atoms with E-state index in [0.717, 1.165) is 12.2 Å². The summed E-state index contributed by atoms with van der Waals surface area (Å²) in [6, 6.07) is 9.54. The van der Waals surface area contributed by atoms with Crippen molar-refractivity contribution in [3.63, 3.8) is 0 Å². The maximum absolute atomic E-state index is 8.59. The molecule has 0 fully saturated rings. The molecule has 0 aromatic heterocycles. The molecule has 0 saturated heterocycles. The van der Waals surface area contributed by atoms with Crippen molar-refractivity contribution in [1.82, 2.24) is 0 Å². The van der Waals surface area contributed by atoms with Gasteiger partial charge in [0.05, 0.1) is 11.6 Å². The van der Waals surface area contributed by atoms with Crippen LogP contribution in [0, 0.1) is 11.3 Å². The van der Waals surface area contributed by atoms with E-state index in [0.29, 0.717) is 11.4 Å². The Hall–Kier alpha value is -1.20. The van der Waals surface area contributed by atoms with Crippen molar-refractivity contribution in [2.24, 2.45) is 0 Å². The summed E-state index contributed by atoms with van der Waals surface area (Å²) in [4.78, 5) is 2.05. The molecule has 0 saturated carbocycles. The Morgan fingerprint density at radius 2 is 2.00 bits per heavy atom. The summed E-state index contributed by atoms with van der Waals surface area (Å²) in [5.74, 6) is 0.608. The Morgan fingerprint density at radius 1 is 1.38 bits per heavy atom. The number of alkyl halides is 1. The van der Waals surface area contributed by atoms with E-state index in [2.05, 4.69) is 6.07 Å². The van der Waals surface area contributed by atoms with Gasteiger partial charge in [-0.2, -0.15) is 5.26 Å². The zero-order valence-electron chi connectivity index (χ0n) is 7.50. The minimum absolute atomic E-state index is 0.608. The fourth-order valence-electron chi connectivity index (χ4n) is 1.05. The predicted octanol–water partition coefficient (Wildman–Crippen LogP) is 2.23. The third-order valence-electron chi connectivity index (χ3n) is 1.86. The average molecular weight is 195 g/mol. The van der Waals surface area contributed by atoms with Crippen LogP contribution in [-0.2, 0) is 0 Å². The molecule has 0 unspecified atom stereocenters. The molecule has 3 heteroatoms. The standard InChI is InChI=1S/C10H11ClN2/c1-13(7-6-11)10-4-2-9(8-12)3-5-10/h2-5H,6-7H2,1H3. The van der Waals surface area contributed by atoms with Gasteiger partial charge in [-0.15, -0.1) is 11.6 Å². The first kappa shape index (κ1) is 9.88. The van der Waals surface area contributed by atoms with Crippen LogP contribution in [0.3, 0.4) is 0 Å². The Bertz CT molecular complexity index is 300. The van der Waals surface area contributed by atoms with Gasteiger partial charge in [0, 0.05) is 25.2 Å². The van der Waals surface area contributed by atoms with Gasteiger partial charge >= 0.3 is 0 Å². The van der Waals surface area contributed by atoms with Crippen LogP contribution in [0.4, 0.5) is 5.69 Å². The second-order valence-electron chi connectivity index (χ2n) is 2.77. The molecule has 0 bridgehead atoms. The lowest BCUT2D eigenvalue weighted by Crippen LogP contribution is -2.19. The normalized spacial score (nSPS) is 9.31. The maximum Gasteiger partial charge on any atom is 0.0991 e. The second kappa shape index (κ2) is 4.74. The van der Waals surface area contributed by atoms with Crippen LogP contribution >= 0.6 is 11.6 Å². The Morgan fingerprint density at radius 3 is 2.46 bits per heavy atom. The molecule has 0 N–H and O–H groups in total. The van der Waals surface area contributed by atoms with Gasteiger partial charge < -0.3 is 4.90 Å². The number of anilines is 1. The minimum Gasteiger partial charge on any atom is -0.373 e. The van der Waals surface area contributed by atoms with Crippen molar-refractivity contribution in [2.75, 3.05) is 24.4 Å². The van der Waals surface area contributed by atoms with Crippen molar-refractivity contribution in [1.29, 1.82) is 5.26 Å². The molecule has 1 aromatic carbocycles. The first-order valence-electron chi connectivity index (χ1n) is 4.05. The number of benzene rings is 1. The lowest BCUT2D eigenvalue weighted by molar-refractivity contribution is 0.973. The summed E-state index contributed by atoms with van der Waals surface area (Å²) in [7, 11) is 1.98. The summed E-state index contributed by atoms with van der Waals surface area (Å²) >= 11 is 5.61. The van der Waals surface area contributed by atoms with Crippen LogP contribution in [0.25, 0.3) is 0 Å². The van der Waals surface area contributed by atoms with E-state index in [1.54, 1.807) is 12.1 Å². The van der Waals surface area contributed by atoms with Crippen LogP contribution in [0.15, 0.2) is 24.3 Å². The zero-order chi connectivity index (χ0) is 9.68. The average Bonchev–Trinajstić information content (AvgIpc) is 2.18. The molecule has 0 amide bonds. The number of halogens is 1. The van der Waals surface area contributed by atoms with E-state index < -0.39 is 0 Å². The first-order valence-corrected chi connectivity index (χ1v) is 4.58. The molecule has 13 heavy (non-hydrogen) atoms. The van der Waals surface area contributed by atoms with Crippen LogP contribution < -0.4 is 4.90 Å². The summed E-state index contributed by atoms with van der Waals surface area (Å²) < 4.78 is 0. The van der Waals surface area contributed by atoms with E-state index in [4.69, 9.17) is 16.9 Å². The molecular weight excluding hydrogens is 184 g/mol. The van der Waals surface area contributed by atoms with Crippen LogP contribution in [0.1, 0.15) is 5.56 Å². The highest BCUT2D eigenvalue weighted by Gasteiger charge is 1.98. The van der Waals surface area contributed by atoms with Gasteiger partial charge in [-0.05, 0) is 24.3 Å². The molecule has 2 nitrogen and oxygen atoms in total. The highest BCUT2D eigenvalue weighted by molar-refractivity contribution is 6.18. The molecule has 0 aliphatic rings. The van der Waals surface area contributed by atoms with E-state index in [9.17, 15) is 0 Å². The Labute approximate surface area is 83.3 Å². The third kappa shape index (κ3) is 2.64. The number of nitrogens with zero attached hydrogens (tertiary/aromatic N) is 2. The molecule has 0 aliphatic heterocycles. The monoisotopic (exact) mass is 194 g/mol. The van der Waals surface area contributed by atoms with Crippen molar-refractivity contribution in [3.8, 4) is 6.07 Å². The first-order chi connectivity index (χ1) is 6.27. The summed E-state index contributed by atoms with van der Waals surface area (Å²) in [5, 5.41) is 8.59. The summed E-state index contributed by atoms with van der Waals surface area (Å²) in [5.41, 5.74) is 1.77. The topological polar surface area (TPSA) is 27.0 Å². The van der Waals surface area contributed by atoms with Gasteiger partial charge in [-0.1, -0.05) is 0 Å². The van der Waals surface area contributed by atoms with Gasteiger partial charge in [-0.25, -0.2) is 0 Å². The smallest absolute Gasteiger partial charge is 0.0991 e. The Balaban J connectivity index is 2.75. The van der Waals surface area contributed by atoms with Crippen molar-refractivity contribution >= 4 is 17.3 Å². The largest absolute Gasteiger partial charge is 0.373 e. The van der Waals surface area contributed by atoms with Gasteiger partial charge in [-0.3, -0.25) is 0 Å². The van der Waals surface area contributed by atoms with Gasteiger partial charge in [0.1, 0.15) is 0 Å². The lowest BCUT2D eigenvalue weighted by atomic mass is 10.2. The number of hydrogen-bond donors (Lipinski definition) is 0. The summed E-state index contributed by atoms with van der Waals surface area (Å²) in [6.07, 6.45) is 0. The third-order valence-corrected chi connectivity index (χ3v) is 2.03. The number of nitriles is 1. The van der Waals surface area contributed by atoms with Gasteiger partial charge in [0.2, 0.25) is 0 Å². The Kier molecular flexibility index (Phi) is 3.60. The van der Waals surface area contributed by atoms with Crippen molar-refractivity contribution in [3.05, 3.63) is 29.8 Å². The van der Waals surface area contributed by atoms with Gasteiger partial charge in [0.25, 0.3) is 0 Å². The lowest BCUT2D eigenvalue weighted by Gasteiger charge is -2.17. The van der Waals surface area contributed by atoms with Crippen molar-refractivity contribution < 1.29 is 0 Å². The molecule has 0 radical (unpaired) electrons. The van der Waals surface area contributed by atoms with Gasteiger partial charge in [0.15, 0.2) is 0 Å². The SMILES string of the molecule is CN(CCCl)c1ccc(C#N)cc1. The van der Waals surface area contributed by atoms with Crippen LogP contribution in [0.2, 0.25) is 0 Å². The van der Waals surface area contributed by atoms with Crippen LogP contribution in [-0.4, -0.2) is 19.5 Å². The fraction of sp³-hybridized carbons (Fsp3) is 0.300. The molecule has 1 aromatic rings. The zero-order valence-corrected chi connectivity index (χ0v) is 8.25. The highest BCUT2D eigenvalue weighted by Crippen LogP contribution is 2.12. The van der Waals surface area contributed by atoms with E-state index in [1.807, 2.05) is 24.1 Å². The molecule has 0 spiro atoms. The van der Waals surface area contributed by atoms with E-state index in [1.165, 1.54) is 0 Å². The predicted molar refractivity (Wildman–Crippen MR) is 55.1 cm³/mol. The molecule has 68 valence electrons. The molecule has 0 heterocycles. The maximum atomic E-state index is 8.59. The highest BCUT2D eigenvalue weighted by atomic mass is 35.5. The molecular formula is C10H11ClN2. The minimum atomic E-state index is 0.608. The molecule has 0 aliphatic carbocycles. The van der Waals surface area contributed by atoms with Crippen LogP contribution in [0.5, 0.6) is 0 Å². The quantitative estimate of drug-likeness (QED) is 0.690. The van der Waals surface area contributed by atoms with Crippen molar-refractivity contribution in [2.45, 2.75) is 0 Å². The summed E-state index contributed by atoms with van der Waals surface area (Å²) in [6.45, 7) is 0.813. The number of rotatable bonds is 3.